The zero-order valence-electron chi connectivity index (χ0n) is 11.7. The standard InChI is InChI=1S/C14H26F2O/c1-12(2)17-11-14(15,16)10-8-6-7-9-13(3,4)5/h8,10,12H,6-7,9,11H2,1-5H3/b10-8+. The molecule has 0 rings (SSSR count). The number of ether oxygens (including phenoxy) is 1. The molecule has 0 saturated heterocycles. The number of hydrogen-bond donors (Lipinski definition) is 0. The predicted molar refractivity (Wildman–Crippen MR) is 68.5 cm³/mol. The summed E-state index contributed by atoms with van der Waals surface area (Å²) >= 11 is 0. The van der Waals surface area contributed by atoms with Crippen LogP contribution in [-0.2, 0) is 4.74 Å². The van der Waals surface area contributed by atoms with Gasteiger partial charge in [-0.1, -0.05) is 26.8 Å². The van der Waals surface area contributed by atoms with Crippen LogP contribution in [0.4, 0.5) is 8.78 Å². The lowest BCUT2D eigenvalue weighted by Gasteiger charge is -2.17. The van der Waals surface area contributed by atoms with Crippen LogP contribution in [0.1, 0.15) is 53.9 Å². The molecule has 0 aromatic heterocycles. The van der Waals surface area contributed by atoms with E-state index >= 15 is 0 Å². The highest BCUT2D eigenvalue weighted by atomic mass is 19.3. The number of unbranched alkanes of at least 4 members (excludes halogenated alkanes) is 1. The summed E-state index contributed by atoms with van der Waals surface area (Å²) in [6, 6.07) is 0. The van der Waals surface area contributed by atoms with Gasteiger partial charge in [0.1, 0.15) is 6.61 Å². The third-order valence-corrected chi connectivity index (χ3v) is 2.27. The second-order valence-electron chi connectivity index (χ2n) is 5.98. The summed E-state index contributed by atoms with van der Waals surface area (Å²) in [6.45, 7) is 9.44. The zero-order valence-corrected chi connectivity index (χ0v) is 11.7. The average Bonchev–Trinajstić information content (AvgIpc) is 2.12. The Labute approximate surface area is 104 Å². The van der Waals surface area contributed by atoms with Gasteiger partial charge in [0.15, 0.2) is 0 Å². The third-order valence-electron chi connectivity index (χ3n) is 2.27. The number of halogens is 2. The van der Waals surface area contributed by atoms with E-state index in [9.17, 15) is 8.78 Å². The molecule has 0 atom stereocenters. The minimum Gasteiger partial charge on any atom is -0.372 e. The molecule has 0 aromatic rings. The van der Waals surface area contributed by atoms with Gasteiger partial charge in [0, 0.05) is 0 Å². The molecule has 0 fully saturated rings. The summed E-state index contributed by atoms with van der Waals surface area (Å²) in [4.78, 5) is 0. The van der Waals surface area contributed by atoms with Crippen molar-refractivity contribution in [1.29, 1.82) is 0 Å². The molecule has 0 bridgehead atoms. The van der Waals surface area contributed by atoms with Gasteiger partial charge in [-0.05, 0) is 44.6 Å². The summed E-state index contributed by atoms with van der Waals surface area (Å²) in [7, 11) is 0. The molecule has 0 saturated carbocycles. The number of rotatable bonds is 7. The van der Waals surface area contributed by atoms with Crippen molar-refractivity contribution >= 4 is 0 Å². The smallest absolute Gasteiger partial charge is 0.289 e. The first-order valence-corrected chi connectivity index (χ1v) is 6.29. The molecule has 0 unspecified atom stereocenters. The highest BCUT2D eigenvalue weighted by Gasteiger charge is 2.25. The molecule has 0 aromatic carbocycles. The van der Waals surface area contributed by atoms with Crippen molar-refractivity contribution < 1.29 is 13.5 Å². The van der Waals surface area contributed by atoms with E-state index in [1.807, 2.05) is 0 Å². The minimum atomic E-state index is -2.84. The molecular weight excluding hydrogens is 222 g/mol. The predicted octanol–water partition coefficient (Wildman–Crippen LogP) is 4.82. The maximum atomic E-state index is 13.2. The number of alkyl halides is 2. The molecule has 0 spiro atoms. The lowest BCUT2D eigenvalue weighted by Crippen LogP contribution is -2.23. The molecule has 0 amide bonds. The molecule has 102 valence electrons. The van der Waals surface area contributed by atoms with Crippen molar-refractivity contribution in [3.63, 3.8) is 0 Å². The lowest BCUT2D eigenvalue weighted by atomic mass is 9.90. The first-order valence-electron chi connectivity index (χ1n) is 6.29. The van der Waals surface area contributed by atoms with Gasteiger partial charge >= 0.3 is 0 Å². The van der Waals surface area contributed by atoms with Gasteiger partial charge in [0.25, 0.3) is 5.92 Å². The molecule has 0 aliphatic rings. The first kappa shape index (κ1) is 16.6. The summed E-state index contributed by atoms with van der Waals surface area (Å²) in [5.74, 6) is -2.84. The minimum absolute atomic E-state index is 0.157. The molecule has 0 aliphatic carbocycles. The first-order chi connectivity index (χ1) is 7.62. The highest BCUT2D eigenvalue weighted by molar-refractivity contribution is 4.94. The summed E-state index contributed by atoms with van der Waals surface area (Å²) in [5, 5.41) is 0. The van der Waals surface area contributed by atoms with Gasteiger partial charge in [-0.3, -0.25) is 0 Å². The Balaban J connectivity index is 3.82. The van der Waals surface area contributed by atoms with Crippen LogP contribution in [0.5, 0.6) is 0 Å². The number of hydrogen-bond acceptors (Lipinski definition) is 1. The monoisotopic (exact) mass is 248 g/mol. The molecular formula is C14H26F2O. The Morgan fingerprint density at radius 2 is 1.76 bits per heavy atom. The fourth-order valence-corrected chi connectivity index (χ4v) is 1.33. The fraction of sp³-hybridized carbons (Fsp3) is 0.857. The summed E-state index contributed by atoms with van der Waals surface area (Å²) in [6.07, 6.45) is 5.07. The van der Waals surface area contributed by atoms with E-state index in [1.54, 1.807) is 19.9 Å². The quantitative estimate of drug-likeness (QED) is 0.463. The van der Waals surface area contributed by atoms with Crippen LogP contribution in [-0.4, -0.2) is 18.6 Å². The SMILES string of the molecule is CC(C)OCC(F)(F)/C=C/CCCC(C)(C)C. The Kier molecular flexibility index (Phi) is 6.91. The van der Waals surface area contributed by atoms with Crippen molar-refractivity contribution in [2.45, 2.75) is 65.9 Å². The van der Waals surface area contributed by atoms with Gasteiger partial charge in [-0.2, -0.15) is 8.78 Å². The molecule has 17 heavy (non-hydrogen) atoms. The van der Waals surface area contributed by atoms with Crippen molar-refractivity contribution in [2.75, 3.05) is 6.61 Å². The normalized spacial score (nSPS) is 13.9. The Morgan fingerprint density at radius 1 is 1.18 bits per heavy atom. The zero-order chi connectivity index (χ0) is 13.5. The maximum Gasteiger partial charge on any atom is 0.289 e. The van der Waals surface area contributed by atoms with Crippen LogP contribution in [0.15, 0.2) is 12.2 Å². The van der Waals surface area contributed by atoms with E-state index in [-0.39, 0.29) is 11.5 Å². The average molecular weight is 248 g/mol. The van der Waals surface area contributed by atoms with Crippen LogP contribution in [0.3, 0.4) is 0 Å². The molecule has 0 aliphatic heterocycles. The molecule has 0 radical (unpaired) electrons. The van der Waals surface area contributed by atoms with Gasteiger partial charge in [0.05, 0.1) is 6.10 Å². The van der Waals surface area contributed by atoms with Crippen LogP contribution < -0.4 is 0 Å². The Hall–Kier alpha value is -0.440. The van der Waals surface area contributed by atoms with E-state index in [4.69, 9.17) is 4.74 Å². The number of allylic oxidation sites excluding steroid dienone is 1. The molecule has 3 heteroatoms. The van der Waals surface area contributed by atoms with Gasteiger partial charge in [-0.25, -0.2) is 0 Å². The molecule has 1 nitrogen and oxygen atoms in total. The molecule has 0 N–H and O–H groups in total. The van der Waals surface area contributed by atoms with E-state index in [0.29, 0.717) is 6.42 Å². The second kappa shape index (κ2) is 7.10. The topological polar surface area (TPSA) is 9.23 Å². The highest BCUT2D eigenvalue weighted by Crippen LogP contribution is 2.22. The van der Waals surface area contributed by atoms with Crippen molar-refractivity contribution in [3.05, 3.63) is 12.2 Å². The summed E-state index contributed by atoms with van der Waals surface area (Å²) < 4.78 is 31.4. The van der Waals surface area contributed by atoms with Crippen molar-refractivity contribution in [2.24, 2.45) is 5.41 Å². The van der Waals surface area contributed by atoms with Crippen LogP contribution in [0.25, 0.3) is 0 Å². The third kappa shape index (κ3) is 11.8. The lowest BCUT2D eigenvalue weighted by molar-refractivity contribution is -0.0595. The van der Waals surface area contributed by atoms with Crippen LogP contribution in [0.2, 0.25) is 0 Å². The second-order valence-corrected chi connectivity index (χ2v) is 5.98. The Bertz CT molecular complexity index is 227. The fourth-order valence-electron chi connectivity index (χ4n) is 1.33. The van der Waals surface area contributed by atoms with Gasteiger partial charge < -0.3 is 4.74 Å². The van der Waals surface area contributed by atoms with E-state index in [1.165, 1.54) is 0 Å². The van der Waals surface area contributed by atoms with Crippen molar-refractivity contribution in [1.82, 2.24) is 0 Å². The van der Waals surface area contributed by atoms with Gasteiger partial charge in [-0.15, -0.1) is 0 Å². The van der Waals surface area contributed by atoms with E-state index in [0.717, 1.165) is 18.9 Å². The van der Waals surface area contributed by atoms with Crippen molar-refractivity contribution in [3.8, 4) is 0 Å². The van der Waals surface area contributed by atoms with Crippen LogP contribution in [0, 0.1) is 5.41 Å². The molecule has 0 heterocycles. The van der Waals surface area contributed by atoms with E-state index < -0.39 is 12.5 Å². The Morgan fingerprint density at radius 3 is 2.24 bits per heavy atom. The largest absolute Gasteiger partial charge is 0.372 e. The van der Waals surface area contributed by atoms with E-state index in [2.05, 4.69) is 20.8 Å². The maximum absolute atomic E-state index is 13.2. The summed E-state index contributed by atoms with van der Waals surface area (Å²) in [5.41, 5.74) is 0.275. The van der Waals surface area contributed by atoms with Crippen LogP contribution >= 0.6 is 0 Å². The van der Waals surface area contributed by atoms with Gasteiger partial charge in [0.2, 0.25) is 0 Å².